The number of carboxylic acid groups (broad SMARTS) is 1. The van der Waals surface area contributed by atoms with Crippen molar-refractivity contribution in [3.05, 3.63) is 0 Å². The summed E-state index contributed by atoms with van der Waals surface area (Å²) in [5.41, 5.74) is 0. The van der Waals surface area contributed by atoms with Crippen LogP contribution in [0, 0.1) is 0 Å². The fourth-order valence-electron chi connectivity index (χ4n) is 1.71. The molecule has 1 amide bonds. The quantitative estimate of drug-likeness (QED) is 0.453. The first-order valence-electron chi connectivity index (χ1n) is 5.05. The molecule has 0 aliphatic carbocycles. The van der Waals surface area contributed by atoms with Crippen molar-refractivity contribution in [3.63, 3.8) is 0 Å². The van der Waals surface area contributed by atoms with Gasteiger partial charge < -0.3 is 15.7 Å². The van der Waals surface area contributed by atoms with E-state index in [0.29, 0.717) is 6.54 Å². The average molecular weight is 251 g/mol. The van der Waals surface area contributed by atoms with Crippen molar-refractivity contribution in [1.82, 2.24) is 15.5 Å². The van der Waals surface area contributed by atoms with Crippen molar-refractivity contribution in [2.75, 3.05) is 25.5 Å². The average Bonchev–Trinajstić information content (AvgIpc) is 2.15. The number of nitrogens with one attached hydrogen (secondary N) is 2. The van der Waals surface area contributed by atoms with Crippen molar-refractivity contribution >= 4 is 16.8 Å². The van der Waals surface area contributed by atoms with E-state index in [4.69, 9.17) is 5.11 Å². The van der Waals surface area contributed by atoms with E-state index in [9.17, 15) is 13.2 Å². The van der Waals surface area contributed by atoms with Crippen molar-refractivity contribution in [2.24, 2.45) is 0 Å². The number of carbonyl (C=O) groups is 1. The lowest BCUT2D eigenvalue weighted by atomic mass is 10.1. The first kappa shape index (κ1) is 13.2. The molecule has 1 aliphatic rings. The van der Waals surface area contributed by atoms with Crippen LogP contribution < -0.4 is 10.6 Å². The normalized spacial score (nSPS) is 25.6. The Morgan fingerprint density at radius 3 is 2.69 bits per heavy atom. The number of rotatable bonds is 4. The van der Waals surface area contributed by atoms with Gasteiger partial charge in [-0.1, -0.05) is 0 Å². The molecule has 0 spiro atoms. The third-order valence-corrected chi connectivity index (χ3v) is 2.93. The molecule has 7 nitrogen and oxygen atoms in total. The maximum Gasteiger partial charge on any atom is 0.408 e. The van der Waals surface area contributed by atoms with Crippen LogP contribution in [0.15, 0.2) is 0 Å². The van der Waals surface area contributed by atoms with Crippen LogP contribution in [0.4, 0.5) is 4.79 Å². The molecule has 94 valence electrons. The van der Waals surface area contributed by atoms with Gasteiger partial charge >= 0.3 is 6.09 Å². The monoisotopic (exact) mass is 251 g/mol. The number of hydrogen-bond acceptors (Lipinski definition) is 5. The van der Waals surface area contributed by atoms with E-state index in [2.05, 4.69) is 10.6 Å². The molecule has 1 fully saturated rings. The Hall–Kier alpha value is -0.860. The number of thiol groups is 1. The second-order valence-electron chi connectivity index (χ2n) is 3.90. The minimum Gasteiger partial charge on any atom is -0.465 e. The molecule has 0 aromatic carbocycles. The van der Waals surface area contributed by atoms with E-state index < -0.39 is 22.7 Å². The van der Waals surface area contributed by atoms with Crippen LogP contribution in [0.3, 0.4) is 0 Å². The van der Waals surface area contributed by atoms with Crippen LogP contribution in [-0.2, 0) is 10.7 Å². The molecule has 0 radical (unpaired) electrons. The predicted octanol–water partition coefficient (Wildman–Crippen LogP) is -1.51. The Morgan fingerprint density at radius 2 is 2.19 bits per heavy atom. The van der Waals surface area contributed by atoms with Crippen LogP contribution in [-0.4, -0.2) is 62.1 Å². The second kappa shape index (κ2) is 6.02. The van der Waals surface area contributed by atoms with Gasteiger partial charge in [-0.25, -0.2) is 13.2 Å². The van der Waals surface area contributed by atoms with E-state index in [1.165, 1.54) is 0 Å². The summed E-state index contributed by atoms with van der Waals surface area (Å²) in [5, 5.41) is 15.2. The highest BCUT2D eigenvalue weighted by atomic mass is 32.2. The van der Waals surface area contributed by atoms with Crippen molar-refractivity contribution in [3.8, 4) is 0 Å². The van der Waals surface area contributed by atoms with Gasteiger partial charge in [0.1, 0.15) is 5.88 Å². The lowest BCUT2D eigenvalue weighted by Crippen LogP contribution is -2.58. The Kier molecular flexibility index (Phi) is 4.97. The van der Waals surface area contributed by atoms with Crippen LogP contribution >= 0.6 is 0 Å². The zero-order chi connectivity index (χ0) is 12.1. The SMILES string of the molecule is CC1CNCC(CN(C[SH](=O)=O)C(=O)O)N1. The summed E-state index contributed by atoms with van der Waals surface area (Å²) in [5.74, 6) is -0.447. The van der Waals surface area contributed by atoms with Crippen LogP contribution in [0.2, 0.25) is 0 Å². The Labute approximate surface area is 95.8 Å². The lowest BCUT2D eigenvalue weighted by molar-refractivity contribution is 0.144. The van der Waals surface area contributed by atoms with E-state index in [-0.39, 0.29) is 18.6 Å². The van der Waals surface area contributed by atoms with E-state index in [0.717, 1.165) is 11.4 Å². The van der Waals surface area contributed by atoms with Crippen molar-refractivity contribution < 1.29 is 18.3 Å². The zero-order valence-electron chi connectivity index (χ0n) is 9.05. The first-order chi connectivity index (χ1) is 7.49. The zero-order valence-corrected chi connectivity index (χ0v) is 9.94. The summed E-state index contributed by atoms with van der Waals surface area (Å²) in [6.07, 6.45) is -1.21. The van der Waals surface area contributed by atoms with Gasteiger partial charge in [-0.05, 0) is 6.92 Å². The maximum absolute atomic E-state index is 10.8. The molecule has 0 aromatic rings. The summed E-state index contributed by atoms with van der Waals surface area (Å²) in [7, 11) is -2.71. The molecule has 0 saturated carbocycles. The highest BCUT2D eigenvalue weighted by Gasteiger charge is 2.22. The van der Waals surface area contributed by atoms with E-state index in [1.54, 1.807) is 0 Å². The smallest absolute Gasteiger partial charge is 0.408 e. The summed E-state index contributed by atoms with van der Waals surface area (Å²) >= 11 is 0. The Bertz CT molecular complexity index is 312. The molecule has 1 aliphatic heterocycles. The summed E-state index contributed by atoms with van der Waals surface area (Å²) < 4.78 is 21.0. The summed E-state index contributed by atoms with van der Waals surface area (Å²) in [6, 6.07) is 0.213. The number of hydrogen-bond donors (Lipinski definition) is 4. The van der Waals surface area contributed by atoms with Gasteiger partial charge in [0.2, 0.25) is 0 Å². The minimum atomic E-state index is -2.71. The molecule has 1 heterocycles. The standard InChI is InChI=1S/C8H17N3O4S/c1-6-2-9-3-7(10-6)4-11(8(12)13)5-16(14)15/h6-7,9-10,16H,2-5H2,1H3,(H,12,13). The van der Waals surface area contributed by atoms with Gasteiger partial charge in [0.05, 0.1) is 0 Å². The highest BCUT2D eigenvalue weighted by Crippen LogP contribution is 1.99. The van der Waals surface area contributed by atoms with Gasteiger partial charge in [-0.15, -0.1) is 0 Å². The molecule has 1 rings (SSSR count). The van der Waals surface area contributed by atoms with Crippen molar-refractivity contribution in [2.45, 2.75) is 19.0 Å². The topological polar surface area (TPSA) is 98.7 Å². The third-order valence-electron chi connectivity index (χ3n) is 2.36. The molecule has 2 atom stereocenters. The highest BCUT2D eigenvalue weighted by molar-refractivity contribution is 7.72. The maximum atomic E-state index is 10.8. The minimum absolute atomic E-state index is 0.0465. The van der Waals surface area contributed by atoms with E-state index in [1.807, 2.05) is 6.92 Å². The van der Waals surface area contributed by atoms with Gasteiger partial charge in [0.15, 0.2) is 10.7 Å². The molecule has 2 unspecified atom stereocenters. The molecule has 0 aromatic heterocycles. The third kappa shape index (κ3) is 4.33. The molecule has 8 heteroatoms. The van der Waals surface area contributed by atoms with Gasteiger partial charge in [-0.3, -0.25) is 4.90 Å². The van der Waals surface area contributed by atoms with Gasteiger partial charge in [0, 0.05) is 31.7 Å². The number of amides is 1. The van der Waals surface area contributed by atoms with Gasteiger partial charge in [0.25, 0.3) is 0 Å². The lowest BCUT2D eigenvalue weighted by Gasteiger charge is -2.32. The fourth-order valence-corrected chi connectivity index (χ4v) is 2.23. The largest absolute Gasteiger partial charge is 0.465 e. The summed E-state index contributed by atoms with van der Waals surface area (Å²) in [4.78, 5) is 11.7. The van der Waals surface area contributed by atoms with Crippen LogP contribution in [0.25, 0.3) is 0 Å². The van der Waals surface area contributed by atoms with Crippen molar-refractivity contribution in [1.29, 1.82) is 0 Å². The Balaban J connectivity index is 2.50. The molecule has 1 saturated heterocycles. The van der Waals surface area contributed by atoms with E-state index >= 15 is 0 Å². The molecule has 0 bridgehead atoms. The van der Waals surface area contributed by atoms with Crippen LogP contribution in [0.5, 0.6) is 0 Å². The predicted molar refractivity (Wildman–Crippen MR) is 59.2 cm³/mol. The fraction of sp³-hybridized carbons (Fsp3) is 0.875. The molecular formula is C8H17N3O4S. The van der Waals surface area contributed by atoms with Gasteiger partial charge in [-0.2, -0.15) is 0 Å². The first-order valence-corrected chi connectivity index (χ1v) is 6.41. The molecule has 3 N–H and O–H groups in total. The van der Waals surface area contributed by atoms with Crippen LogP contribution in [0.1, 0.15) is 6.92 Å². The number of piperazine rings is 1. The Morgan fingerprint density at radius 1 is 1.50 bits per heavy atom. The summed E-state index contributed by atoms with van der Waals surface area (Å²) in [6.45, 7) is 3.64. The molecular weight excluding hydrogens is 234 g/mol. The number of nitrogens with zero attached hydrogens (tertiary/aromatic N) is 1. The second-order valence-corrected chi connectivity index (χ2v) is 4.85. The molecule has 16 heavy (non-hydrogen) atoms.